The number of benzene rings is 2. The molecule has 3 aromatic rings. The van der Waals surface area contributed by atoms with Gasteiger partial charge in [0.05, 0.1) is 12.1 Å². The number of para-hydroxylation sites is 1. The van der Waals surface area contributed by atoms with Gasteiger partial charge in [-0.05, 0) is 12.1 Å². The highest BCUT2D eigenvalue weighted by atomic mass is 19.1. The highest BCUT2D eigenvalue weighted by molar-refractivity contribution is 6.01. The average Bonchev–Trinajstić information content (AvgIpc) is 2.81. The predicted molar refractivity (Wildman–Crippen MR) is 72.2 cm³/mol. The molecule has 1 heterocycles. The fourth-order valence-corrected chi connectivity index (χ4v) is 2.22. The molecule has 6 heteroatoms. The van der Waals surface area contributed by atoms with Crippen molar-refractivity contribution in [2.24, 2.45) is 0 Å². The molecule has 0 fully saturated rings. The van der Waals surface area contributed by atoms with Crippen LogP contribution in [0.1, 0.15) is 16.1 Å². The number of aromatic carboxylic acids is 1. The highest BCUT2D eigenvalue weighted by Crippen LogP contribution is 2.20. The van der Waals surface area contributed by atoms with Crippen LogP contribution in [0.2, 0.25) is 0 Å². The van der Waals surface area contributed by atoms with E-state index in [1.165, 1.54) is 10.7 Å². The summed E-state index contributed by atoms with van der Waals surface area (Å²) < 4.78 is 28.0. The van der Waals surface area contributed by atoms with Crippen molar-refractivity contribution in [3.63, 3.8) is 0 Å². The number of carbonyl (C=O) groups is 1. The molecule has 0 aliphatic rings. The third-order valence-corrected chi connectivity index (χ3v) is 3.20. The number of carboxylic acid groups (broad SMARTS) is 1. The van der Waals surface area contributed by atoms with E-state index >= 15 is 0 Å². The Morgan fingerprint density at radius 3 is 2.67 bits per heavy atom. The van der Waals surface area contributed by atoms with E-state index in [2.05, 4.69) is 5.10 Å². The van der Waals surface area contributed by atoms with E-state index < -0.39 is 17.6 Å². The van der Waals surface area contributed by atoms with Crippen LogP contribution in [-0.2, 0) is 6.54 Å². The number of hydrogen-bond acceptors (Lipinski definition) is 2. The van der Waals surface area contributed by atoms with Gasteiger partial charge in [-0.3, -0.25) is 4.68 Å². The topological polar surface area (TPSA) is 55.1 Å². The van der Waals surface area contributed by atoms with E-state index in [4.69, 9.17) is 5.11 Å². The molecule has 3 rings (SSSR count). The Kier molecular flexibility index (Phi) is 3.13. The summed E-state index contributed by atoms with van der Waals surface area (Å²) in [5, 5.41) is 13.6. The van der Waals surface area contributed by atoms with E-state index in [1.54, 1.807) is 24.3 Å². The number of hydrogen-bond donors (Lipinski definition) is 1. The summed E-state index contributed by atoms with van der Waals surface area (Å²) in [6, 6.07) is 10.1. The number of fused-ring (bicyclic) bond motifs is 1. The minimum Gasteiger partial charge on any atom is -0.476 e. The second-order valence-corrected chi connectivity index (χ2v) is 4.56. The smallest absolute Gasteiger partial charge is 0.357 e. The molecule has 0 atom stereocenters. The minimum atomic E-state index is -1.15. The Balaban J connectivity index is 2.10. The normalized spacial score (nSPS) is 11.0. The van der Waals surface area contributed by atoms with Gasteiger partial charge in [-0.15, -0.1) is 0 Å². The first-order valence-corrected chi connectivity index (χ1v) is 6.19. The zero-order valence-electron chi connectivity index (χ0n) is 10.8. The molecule has 0 aliphatic carbocycles. The summed E-state index contributed by atoms with van der Waals surface area (Å²) in [5.74, 6) is -2.50. The molecular formula is C15H10F2N2O2. The molecule has 106 valence electrons. The van der Waals surface area contributed by atoms with Gasteiger partial charge in [0.1, 0.15) is 11.6 Å². The Morgan fingerprint density at radius 1 is 1.19 bits per heavy atom. The van der Waals surface area contributed by atoms with Gasteiger partial charge in [-0.25, -0.2) is 13.6 Å². The first kappa shape index (κ1) is 13.2. The zero-order valence-corrected chi connectivity index (χ0v) is 10.8. The summed E-state index contributed by atoms with van der Waals surface area (Å²) in [5.41, 5.74) is 0.730. The van der Waals surface area contributed by atoms with Crippen molar-refractivity contribution < 1.29 is 18.7 Å². The van der Waals surface area contributed by atoms with Gasteiger partial charge < -0.3 is 5.11 Å². The molecule has 1 aromatic heterocycles. The van der Waals surface area contributed by atoms with E-state index in [9.17, 15) is 13.6 Å². The van der Waals surface area contributed by atoms with Crippen LogP contribution in [-0.4, -0.2) is 20.9 Å². The van der Waals surface area contributed by atoms with Crippen molar-refractivity contribution in [1.82, 2.24) is 9.78 Å². The second-order valence-electron chi connectivity index (χ2n) is 4.56. The van der Waals surface area contributed by atoms with Crippen LogP contribution < -0.4 is 0 Å². The lowest BCUT2D eigenvalue weighted by molar-refractivity contribution is 0.0691. The van der Waals surface area contributed by atoms with Gasteiger partial charge in [-0.1, -0.05) is 24.3 Å². The van der Waals surface area contributed by atoms with E-state index in [0.717, 1.165) is 12.1 Å². The van der Waals surface area contributed by atoms with Crippen molar-refractivity contribution in [3.05, 3.63) is 65.4 Å². The van der Waals surface area contributed by atoms with Crippen LogP contribution >= 0.6 is 0 Å². The quantitative estimate of drug-likeness (QED) is 0.806. The third-order valence-electron chi connectivity index (χ3n) is 3.20. The zero-order chi connectivity index (χ0) is 15.0. The number of aromatic nitrogens is 2. The molecule has 1 N–H and O–H groups in total. The molecule has 2 aromatic carbocycles. The van der Waals surface area contributed by atoms with Gasteiger partial charge in [0, 0.05) is 17.0 Å². The Bertz CT molecular complexity index is 843. The summed E-state index contributed by atoms with van der Waals surface area (Å²) in [7, 11) is 0. The lowest BCUT2D eigenvalue weighted by atomic mass is 10.2. The SMILES string of the molecule is O=C(O)c1nn(Cc2ccc(F)cc2F)c2ccccc12. The van der Waals surface area contributed by atoms with Crippen LogP contribution in [0.4, 0.5) is 8.78 Å². The fourth-order valence-electron chi connectivity index (χ4n) is 2.22. The lowest BCUT2D eigenvalue weighted by Gasteiger charge is -2.05. The number of rotatable bonds is 3. The highest BCUT2D eigenvalue weighted by Gasteiger charge is 2.16. The monoisotopic (exact) mass is 288 g/mol. The van der Waals surface area contributed by atoms with Gasteiger partial charge >= 0.3 is 5.97 Å². The maximum atomic E-state index is 13.7. The molecule has 0 saturated carbocycles. The molecule has 21 heavy (non-hydrogen) atoms. The first-order valence-electron chi connectivity index (χ1n) is 6.19. The van der Waals surface area contributed by atoms with Crippen LogP contribution in [0.25, 0.3) is 10.9 Å². The maximum Gasteiger partial charge on any atom is 0.357 e. The molecule has 0 spiro atoms. The Labute approximate surface area is 118 Å². The third kappa shape index (κ3) is 2.35. The number of carboxylic acids is 1. The molecule has 0 amide bonds. The molecule has 0 radical (unpaired) electrons. The van der Waals surface area contributed by atoms with Crippen LogP contribution in [0.3, 0.4) is 0 Å². The van der Waals surface area contributed by atoms with Gasteiger partial charge in [0.2, 0.25) is 0 Å². The molecule has 0 saturated heterocycles. The van der Waals surface area contributed by atoms with E-state index in [1.807, 2.05) is 0 Å². The maximum absolute atomic E-state index is 13.7. The van der Waals surface area contributed by atoms with Gasteiger partial charge in [0.15, 0.2) is 5.69 Å². The van der Waals surface area contributed by atoms with Crippen molar-refractivity contribution in [2.75, 3.05) is 0 Å². The number of nitrogens with zero attached hydrogens (tertiary/aromatic N) is 2. The second kappa shape index (κ2) is 4.97. The molecular weight excluding hydrogens is 278 g/mol. The van der Waals surface area contributed by atoms with Crippen LogP contribution in [0.15, 0.2) is 42.5 Å². The van der Waals surface area contributed by atoms with Gasteiger partial charge in [0.25, 0.3) is 0 Å². The first-order chi connectivity index (χ1) is 10.1. The molecule has 4 nitrogen and oxygen atoms in total. The van der Waals surface area contributed by atoms with Gasteiger partial charge in [-0.2, -0.15) is 5.10 Å². The van der Waals surface area contributed by atoms with Crippen LogP contribution in [0, 0.1) is 11.6 Å². The average molecular weight is 288 g/mol. The molecule has 0 aliphatic heterocycles. The van der Waals surface area contributed by atoms with Crippen molar-refractivity contribution in [3.8, 4) is 0 Å². The summed E-state index contributed by atoms with van der Waals surface area (Å²) in [4.78, 5) is 11.2. The molecule has 0 unspecified atom stereocenters. The fraction of sp³-hybridized carbons (Fsp3) is 0.0667. The summed E-state index contributed by atoms with van der Waals surface area (Å²) in [6.45, 7) is 0.0277. The Hall–Kier alpha value is -2.76. The minimum absolute atomic E-state index is 0.0277. The van der Waals surface area contributed by atoms with Crippen molar-refractivity contribution in [2.45, 2.75) is 6.54 Å². The van der Waals surface area contributed by atoms with E-state index in [-0.39, 0.29) is 17.8 Å². The number of halogens is 2. The summed E-state index contributed by atoms with van der Waals surface area (Å²) >= 11 is 0. The predicted octanol–water partition coefficient (Wildman–Crippen LogP) is 3.06. The Morgan fingerprint density at radius 2 is 1.95 bits per heavy atom. The van der Waals surface area contributed by atoms with E-state index in [0.29, 0.717) is 10.9 Å². The largest absolute Gasteiger partial charge is 0.476 e. The lowest BCUT2D eigenvalue weighted by Crippen LogP contribution is -2.06. The summed E-state index contributed by atoms with van der Waals surface area (Å²) in [6.07, 6.45) is 0. The van der Waals surface area contributed by atoms with Crippen LogP contribution in [0.5, 0.6) is 0 Å². The standard InChI is InChI=1S/C15H10F2N2O2/c16-10-6-5-9(12(17)7-10)8-19-13-4-2-1-3-11(13)14(18-19)15(20)21/h1-7H,8H2,(H,20,21). The molecule has 0 bridgehead atoms. The van der Waals surface area contributed by atoms with Crippen molar-refractivity contribution in [1.29, 1.82) is 0 Å². The van der Waals surface area contributed by atoms with Crippen molar-refractivity contribution >= 4 is 16.9 Å².